The Balaban J connectivity index is 2.47. The van der Waals surface area contributed by atoms with Gasteiger partial charge in [-0.05, 0) is 47.9 Å². The molecule has 3 nitrogen and oxygen atoms in total. The molecule has 0 unspecified atom stereocenters. The van der Waals surface area contributed by atoms with Crippen molar-refractivity contribution in [1.82, 2.24) is 0 Å². The number of aryl methyl sites for hydroxylation is 1. The average Bonchev–Trinajstić information content (AvgIpc) is 2.37. The first-order valence-electron chi connectivity index (χ1n) is 5.71. The number of aromatic hydroxyl groups is 1. The highest BCUT2D eigenvalue weighted by Gasteiger charge is 2.13. The van der Waals surface area contributed by atoms with Gasteiger partial charge in [0.05, 0.1) is 12.7 Å². The predicted molar refractivity (Wildman–Crippen MR) is 69.6 cm³/mol. The number of ether oxygens (including phenoxy) is 1. The fraction of sp³-hybridized carbons (Fsp3) is 0.133. The number of phenols is 1. The van der Waals surface area contributed by atoms with E-state index in [2.05, 4.69) is 4.74 Å². The summed E-state index contributed by atoms with van der Waals surface area (Å²) in [5.41, 5.74) is 2.17. The number of carbonyl (C=O) groups is 1. The molecule has 0 radical (unpaired) electrons. The third-order valence-electron chi connectivity index (χ3n) is 2.90. The van der Waals surface area contributed by atoms with E-state index >= 15 is 0 Å². The van der Waals surface area contributed by atoms with E-state index in [1.54, 1.807) is 18.2 Å². The van der Waals surface area contributed by atoms with Crippen LogP contribution in [0.4, 0.5) is 4.39 Å². The van der Waals surface area contributed by atoms with Crippen LogP contribution in [-0.4, -0.2) is 18.2 Å². The molecule has 0 atom stereocenters. The van der Waals surface area contributed by atoms with Gasteiger partial charge in [0, 0.05) is 0 Å². The first-order chi connectivity index (χ1) is 9.02. The summed E-state index contributed by atoms with van der Waals surface area (Å²) >= 11 is 0. The topological polar surface area (TPSA) is 46.5 Å². The van der Waals surface area contributed by atoms with Crippen molar-refractivity contribution in [2.24, 2.45) is 0 Å². The van der Waals surface area contributed by atoms with Crippen LogP contribution in [0.1, 0.15) is 15.9 Å². The van der Waals surface area contributed by atoms with Crippen LogP contribution in [0.5, 0.6) is 5.75 Å². The van der Waals surface area contributed by atoms with Gasteiger partial charge in [-0.15, -0.1) is 0 Å². The fourth-order valence-corrected chi connectivity index (χ4v) is 1.93. The molecule has 4 heteroatoms. The normalized spacial score (nSPS) is 10.3. The van der Waals surface area contributed by atoms with Crippen molar-refractivity contribution in [2.75, 3.05) is 7.11 Å². The lowest BCUT2D eigenvalue weighted by Crippen LogP contribution is -2.04. The Bertz CT molecular complexity index is 635. The van der Waals surface area contributed by atoms with E-state index in [0.29, 0.717) is 5.56 Å². The van der Waals surface area contributed by atoms with Crippen LogP contribution in [0.2, 0.25) is 0 Å². The van der Waals surface area contributed by atoms with Crippen LogP contribution in [0.15, 0.2) is 36.4 Å². The van der Waals surface area contributed by atoms with Gasteiger partial charge in [-0.1, -0.05) is 12.1 Å². The average molecular weight is 260 g/mol. The van der Waals surface area contributed by atoms with Gasteiger partial charge in [0.25, 0.3) is 0 Å². The van der Waals surface area contributed by atoms with Crippen molar-refractivity contribution in [3.63, 3.8) is 0 Å². The molecule has 98 valence electrons. The number of methoxy groups -OCH3 is 1. The number of hydrogen-bond acceptors (Lipinski definition) is 3. The monoisotopic (exact) mass is 260 g/mol. The molecule has 0 saturated carbocycles. The number of hydrogen-bond donors (Lipinski definition) is 1. The van der Waals surface area contributed by atoms with Crippen molar-refractivity contribution in [3.05, 3.63) is 53.3 Å². The van der Waals surface area contributed by atoms with Gasteiger partial charge in [-0.25, -0.2) is 9.18 Å². The number of carbonyl (C=O) groups excluding carboxylic acids is 1. The number of esters is 1. The first kappa shape index (κ1) is 13.1. The van der Waals surface area contributed by atoms with Crippen molar-refractivity contribution in [1.29, 1.82) is 0 Å². The highest BCUT2D eigenvalue weighted by atomic mass is 19.1. The second kappa shape index (κ2) is 5.10. The quantitative estimate of drug-likeness (QED) is 0.843. The Morgan fingerprint density at radius 3 is 2.53 bits per heavy atom. The van der Waals surface area contributed by atoms with Crippen LogP contribution in [0.3, 0.4) is 0 Å². The first-order valence-corrected chi connectivity index (χ1v) is 5.71. The Kier molecular flexibility index (Phi) is 3.51. The van der Waals surface area contributed by atoms with Gasteiger partial charge in [-0.3, -0.25) is 0 Å². The molecule has 0 heterocycles. The van der Waals surface area contributed by atoms with E-state index in [4.69, 9.17) is 0 Å². The zero-order chi connectivity index (χ0) is 14.0. The molecule has 19 heavy (non-hydrogen) atoms. The number of benzene rings is 2. The van der Waals surface area contributed by atoms with Crippen LogP contribution < -0.4 is 0 Å². The minimum absolute atomic E-state index is 0.0947. The van der Waals surface area contributed by atoms with E-state index in [-0.39, 0.29) is 11.3 Å². The number of halogens is 1. The molecule has 0 aliphatic rings. The zero-order valence-electron chi connectivity index (χ0n) is 10.6. The minimum Gasteiger partial charge on any atom is -0.508 e. The lowest BCUT2D eigenvalue weighted by molar-refractivity contribution is 0.0595. The lowest BCUT2D eigenvalue weighted by Gasteiger charge is -2.08. The molecule has 0 aliphatic heterocycles. The molecular formula is C15H13FO3. The third kappa shape index (κ3) is 2.57. The summed E-state index contributed by atoms with van der Waals surface area (Å²) in [6.07, 6.45) is 0. The molecule has 0 amide bonds. The molecule has 0 spiro atoms. The van der Waals surface area contributed by atoms with E-state index in [1.165, 1.54) is 25.3 Å². The number of phenolic OH excluding ortho intramolecular Hbond substituents is 1. The maximum absolute atomic E-state index is 13.8. The van der Waals surface area contributed by atoms with Crippen LogP contribution in [0.25, 0.3) is 11.1 Å². The third-order valence-corrected chi connectivity index (χ3v) is 2.90. The van der Waals surface area contributed by atoms with Gasteiger partial charge < -0.3 is 9.84 Å². The van der Waals surface area contributed by atoms with Crippen molar-refractivity contribution in [3.8, 4) is 16.9 Å². The van der Waals surface area contributed by atoms with Crippen molar-refractivity contribution < 1.29 is 19.0 Å². The predicted octanol–water partition coefficient (Wildman–Crippen LogP) is 3.29. The maximum Gasteiger partial charge on any atom is 0.340 e. The van der Waals surface area contributed by atoms with Crippen molar-refractivity contribution in [2.45, 2.75) is 6.92 Å². The zero-order valence-corrected chi connectivity index (χ0v) is 10.6. The van der Waals surface area contributed by atoms with E-state index in [1.807, 2.05) is 6.92 Å². The molecular weight excluding hydrogens is 247 g/mol. The van der Waals surface area contributed by atoms with Gasteiger partial charge in [0.2, 0.25) is 0 Å². The summed E-state index contributed by atoms with van der Waals surface area (Å²) in [5.74, 6) is -1.17. The molecule has 0 fully saturated rings. The Morgan fingerprint density at radius 1 is 1.21 bits per heavy atom. The summed E-state index contributed by atoms with van der Waals surface area (Å²) in [6.45, 7) is 1.82. The lowest BCUT2D eigenvalue weighted by atomic mass is 9.99. The standard InChI is InChI=1S/C15H13FO3/c1-9-7-11(17)4-6-12(9)10-3-5-13(14(16)8-10)15(18)19-2/h3-8,17H,1-2H3. The van der Waals surface area contributed by atoms with E-state index in [9.17, 15) is 14.3 Å². The molecule has 2 rings (SSSR count). The SMILES string of the molecule is COC(=O)c1ccc(-c2ccc(O)cc2C)cc1F. The fourth-order valence-electron chi connectivity index (χ4n) is 1.93. The van der Waals surface area contributed by atoms with Gasteiger partial charge >= 0.3 is 5.97 Å². The second-order valence-corrected chi connectivity index (χ2v) is 4.19. The van der Waals surface area contributed by atoms with Crippen molar-refractivity contribution >= 4 is 5.97 Å². The minimum atomic E-state index is -0.702. The van der Waals surface area contributed by atoms with Crippen LogP contribution in [0, 0.1) is 12.7 Å². The number of rotatable bonds is 2. The van der Waals surface area contributed by atoms with Gasteiger partial charge in [0.15, 0.2) is 0 Å². The largest absolute Gasteiger partial charge is 0.508 e. The highest BCUT2D eigenvalue weighted by Crippen LogP contribution is 2.27. The molecule has 0 bridgehead atoms. The Hall–Kier alpha value is -2.36. The van der Waals surface area contributed by atoms with Crippen LogP contribution in [-0.2, 0) is 4.74 Å². The maximum atomic E-state index is 13.8. The smallest absolute Gasteiger partial charge is 0.340 e. The van der Waals surface area contributed by atoms with Gasteiger partial charge in [0.1, 0.15) is 11.6 Å². The summed E-state index contributed by atoms with van der Waals surface area (Å²) in [4.78, 5) is 11.3. The highest BCUT2D eigenvalue weighted by molar-refractivity contribution is 5.90. The molecule has 2 aromatic rings. The molecule has 0 aromatic heterocycles. The summed E-state index contributed by atoms with van der Waals surface area (Å²) in [7, 11) is 1.21. The van der Waals surface area contributed by atoms with Crippen LogP contribution >= 0.6 is 0 Å². The Labute approximate surface area is 110 Å². The van der Waals surface area contributed by atoms with E-state index < -0.39 is 11.8 Å². The molecule has 0 saturated heterocycles. The summed E-state index contributed by atoms with van der Waals surface area (Å²) < 4.78 is 18.3. The van der Waals surface area contributed by atoms with Gasteiger partial charge in [-0.2, -0.15) is 0 Å². The summed E-state index contributed by atoms with van der Waals surface area (Å²) in [5, 5.41) is 9.35. The van der Waals surface area contributed by atoms with E-state index in [0.717, 1.165) is 11.1 Å². The summed E-state index contributed by atoms with van der Waals surface area (Å²) in [6, 6.07) is 9.16. The molecule has 0 aliphatic carbocycles. The molecule has 2 aromatic carbocycles. The molecule has 1 N–H and O–H groups in total. The second-order valence-electron chi connectivity index (χ2n) is 4.19. The Morgan fingerprint density at radius 2 is 1.95 bits per heavy atom.